The monoisotopic (exact) mass is 305 g/mol. The Labute approximate surface area is 125 Å². The number of aryl methyl sites for hydroxylation is 1. The molecule has 0 bridgehead atoms. The van der Waals surface area contributed by atoms with E-state index in [2.05, 4.69) is 4.98 Å². The van der Waals surface area contributed by atoms with Crippen LogP contribution in [0.2, 0.25) is 0 Å². The lowest BCUT2D eigenvalue weighted by Crippen LogP contribution is -2.02. The van der Waals surface area contributed by atoms with Crippen molar-refractivity contribution in [3.63, 3.8) is 0 Å². The Hall–Kier alpha value is -2.21. The number of carboxylic acids is 1. The summed E-state index contributed by atoms with van der Waals surface area (Å²) in [5.74, 6) is -0.0714. The minimum atomic E-state index is -1.29. The van der Waals surface area contributed by atoms with Gasteiger partial charge in [0.05, 0.1) is 34.9 Å². The molecule has 0 aliphatic rings. The Morgan fingerprint density at radius 1 is 1.29 bits per heavy atom. The number of methoxy groups -OCH3 is 1. The zero-order chi connectivity index (χ0) is 15.4. The molecule has 1 heterocycles. The van der Waals surface area contributed by atoms with Gasteiger partial charge in [0.2, 0.25) is 0 Å². The standard InChI is InChI=1S/C15H15NO4S/c1-10-7-13(20-2)8-12(16-10)9-21(19)14-5-3-11(4-6-14)15(17)18/h3-8H,9H2,1-2H3,(H,17,18). The molecular formula is C15H15NO4S. The molecule has 0 saturated heterocycles. The van der Waals surface area contributed by atoms with Gasteiger partial charge >= 0.3 is 5.97 Å². The zero-order valence-electron chi connectivity index (χ0n) is 11.7. The number of aromatic carboxylic acids is 1. The molecule has 0 radical (unpaired) electrons. The molecule has 0 aliphatic heterocycles. The molecule has 21 heavy (non-hydrogen) atoms. The van der Waals surface area contributed by atoms with Crippen LogP contribution in [0.15, 0.2) is 41.3 Å². The zero-order valence-corrected chi connectivity index (χ0v) is 12.5. The summed E-state index contributed by atoms with van der Waals surface area (Å²) >= 11 is 0. The number of hydrogen-bond donors (Lipinski definition) is 1. The number of carboxylic acid groups (broad SMARTS) is 1. The van der Waals surface area contributed by atoms with Gasteiger partial charge in [-0.3, -0.25) is 9.19 Å². The topological polar surface area (TPSA) is 76.5 Å². The average molecular weight is 305 g/mol. The van der Waals surface area contributed by atoms with Crippen LogP contribution >= 0.6 is 0 Å². The van der Waals surface area contributed by atoms with Crippen LogP contribution in [0.4, 0.5) is 0 Å². The summed E-state index contributed by atoms with van der Waals surface area (Å²) in [5, 5.41) is 8.84. The maximum absolute atomic E-state index is 12.3. The molecule has 0 fully saturated rings. The van der Waals surface area contributed by atoms with Crippen molar-refractivity contribution in [2.45, 2.75) is 17.6 Å². The molecule has 1 N–H and O–H groups in total. The first-order chi connectivity index (χ1) is 9.99. The van der Waals surface area contributed by atoms with Gasteiger partial charge in [-0.25, -0.2) is 4.79 Å². The van der Waals surface area contributed by atoms with Crippen LogP contribution < -0.4 is 4.74 Å². The van der Waals surface area contributed by atoms with E-state index in [4.69, 9.17) is 9.84 Å². The highest BCUT2D eigenvalue weighted by molar-refractivity contribution is 7.84. The molecule has 5 nitrogen and oxygen atoms in total. The van der Waals surface area contributed by atoms with Crippen molar-refractivity contribution < 1.29 is 18.8 Å². The van der Waals surface area contributed by atoms with Crippen LogP contribution in [-0.4, -0.2) is 27.4 Å². The molecule has 6 heteroatoms. The highest BCUT2D eigenvalue weighted by Gasteiger charge is 2.09. The van der Waals surface area contributed by atoms with E-state index in [9.17, 15) is 9.00 Å². The van der Waals surface area contributed by atoms with E-state index in [-0.39, 0.29) is 11.3 Å². The Balaban J connectivity index is 2.17. The third kappa shape index (κ3) is 3.88. The average Bonchev–Trinajstić information content (AvgIpc) is 2.46. The molecule has 1 unspecified atom stereocenters. The smallest absolute Gasteiger partial charge is 0.335 e. The van der Waals surface area contributed by atoms with Gasteiger partial charge in [-0.15, -0.1) is 0 Å². The van der Waals surface area contributed by atoms with Gasteiger partial charge < -0.3 is 9.84 Å². The van der Waals surface area contributed by atoms with E-state index in [1.807, 2.05) is 6.92 Å². The summed E-state index contributed by atoms with van der Waals surface area (Å²) in [6, 6.07) is 9.56. The fourth-order valence-corrected chi connectivity index (χ4v) is 2.88. The Morgan fingerprint density at radius 2 is 1.95 bits per heavy atom. The fourth-order valence-electron chi connectivity index (χ4n) is 1.86. The van der Waals surface area contributed by atoms with Crippen molar-refractivity contribution in [3.05, 3.63) is 53.3 Å². The van der Waals surface area contributed by atoms with Crippen LogP contribution in [-0.2, 0) is 16.6 Å². The number of benzene rings is 1. The third-order valence-corrected chi connectivity index (χ3v) is 4.21. The highest BCUT2D eigenvalue weighted by Crippen LogP contribution is 2.17. The molecular weight excluding hydrogens is 290 g/mol. The van der Waals surface area contributed by atoms with Crippen molar-refractivity contribution in [1.29, 1.82) is 0 Å². The van der Waals surface area contributed by atoms with Gasteiger partial charge in [0.1, 0.15) is 5.75 Å². The number of rotatable bonds is 5. The predicted octanol–water partition coefficient (Wildman–Crippen LogP) is 2.40. The molecule has 110 valence electrons. The first kappa shape index (κ1) is 15.2. The third-order valence-electron chi connectivity index (χ3n) is 2.86. The lowest BCUT2D eigenvalue weighted by atomic mass is 10.2. The van der Waals surface area contributed by atoms with Crippen molar-refractivity contribution in [3.8, 4) is 5.75 Å². The molecule has 2 aromatic rings. The minimum Gasteiger partial charge on any atom is -0.497 e. The van der Waals surface area contributed by atoms with Crippen LogP contribution in [0, 0.1) is 6.92 Å². The van der Waals surface area contributed by atoms with Gasteiger partial charge in [-0.2, -0.15) is 0 Å². The van der Waals surface area contributed by atoms with Gasteiger partial charge in [0.15, 0.2) is 0 Å². The summed E-state index contributed by atoms with van der Waals surface area (Å²) < 4.78 is 17.4. The van der Waals surface area contributed by atoms with Crippen LogP contribution in [0.3, 0.4) is 0 Å². The second-order valence-corrected chi connectivity index (χ2v) is 5.91. The minimum absolute atomic E-state index is 0.172. The van der Waals surface area contributed by atoms with E-state index < -0.39 is 16.8 Å². The SMILES string of the molecule is COc1cc(C)nc(CS(=O)c2ccc(C(=O)O)cc2)c1. The molecule has 0 amide bonds. The highest BCUT2D eigenvalue weighted by atomic mass is 32.2. The molecule has 0 aliphatic carbocycles. The van der Waals surface area contributed by atoms with Crippen LogP contribution in [0.25, 0.3) is 0 Å². The summed E-state index contributed by atoms with van der Waals surface area (Å²) in [5.41, 5.74) is 1.64. The molecule has 1 atom stereocenters. The van der Waals surface area contributed by atoms with E-state index >= 15 is 0 Å². The number of hydrogen-bond acceptors (Lipinski definition) is 4. The lowest BCUT2D eigenvalue weighted by Gasteiger charge is -2.06. The second-order valence-electron chi connectivity index (χ2n) is 4.46. The van der Waals surface area contributed by atoms with Crippen molar-refractivity contribution in [2.75, 3.05) is 7.11 Å². The summed E-state index contributed by atoms with van der Waals surface area (Å²) in [6.07, 6.45) is 0. The fraction of sp³-hybridized carbons (Fsp3) is 0.200. The van der Waals surface area contributed by atoms with Gasteiger partial charge in [0, 0.05) is 22.7 Å². The van der Waals surface area contributed by atoms with Crippen molar-refractivity contribution in [1.82, 2.24) is 4.98 Å². The van der Waals surface area contributed by atoms with Gasteiger partial charge in [-0.05, 0) is 31.2 Å². The number of aromatic nitrogens is 1. The van der Waals surface area contributed by atoms with Crippen molar-refractivity contribution >= 4 is 16.8 Å². The quantitative estimate of drug-likeness (QED) is 0.918. The number of nitrogens with zero attached hydrogens (tertiary/aromatic N) is 1. The molecule has 1 aromatic heterocycles. The van der Waals surface area contributed by atoms with E-state index in [1.165, 1.54) is 12.1 Å². The van der Waals surface area contributed by atoms with E-state index in [1.54, 1.807) is 31.4 Å². The Kier molecular flexibility index (Phi) is 4.70. The van der Waals surface area contributed by atoms with Gasteiger partial charge in [0.25, 0.3) is 0 Å². The van der Waals surface area contributed by atoms with E-state index in [0.29, 0.717) is 16.3 Å². The lowest BCUT2D eigenvalue weighted by molar-refractivity contribution is 0.0697. The summed E-state index contributed by atoms with van der Waals surface area (Å²) in [4.78, 5) is 15.7. The second kappa shape index (κ2) is 6.49. The van der Waals surface area contributed by atoms with Gasteiger partial charge in [-0.1, -0.05) is 0 Å². The number of carbonyl (C=O) groups is 1. The largest absolute Gasteiger partial charge is 0.497 e. The maximum Gasteiger partial charge on any atom is 0.335 e. The van der Waals surface area contributed by atoms with Crippen LogP contribution in [0.5, 0.6) is 5.75 Å². The van der Waals surface area contributed by atoms with Crippen molar-refractivity contribution in [2.24, 2.45) is 0 Å². The summed E-state index contributed by atoms with van der Waals surface area (Å²) in [6.45, 7) is 1.84. The number of pyridine rings is 1. The van der Waals surface area contributed by atoms with E-state index in [0.717, 1.165) is 5.69 Å². The normalized spacial score (nSPS) is 11.9. The molecule has 2 rings (SSSR count). The maximum atomic E-state index is 12.3. The predicted molar refractivity (Wildman–Crippen MR) is 79.0 cm³/mol. The summed E-state index contributed by atoms with van der Waals surface area (Å²) in [7, 11) is 0.284. The Morgan fingerprint density at radius 3 is 2.52 bits per heavy atom. The first-order valence-corrected chi connectivity index (χ1v) is 7.55. The Bertz CT molecular complexity index is 683. The molecule has 0 saturated carbocycles. The number of ether oxygens (including phenoxy) is 1. The molecule has 0 spiro atoms. The first-order valence-electron chi connectivity index (χ1n) is 6.23. The molecule has 1 aromatic carbocycles. The van der Waals surface area contributed by atoms with Crippen LogP contribution in [0.1, 0.15) is 21.7 Å².